The standard InChI is InChI=1S/C25H28N2O5S/c1-6-31-25(30)23-18-10-16(29)7-8-20(18)32-21(23)12-33-24-19(11-26)17(9-13(2)3)22(15(5)28)14(4)27-24/h7-8,10,13,17,27,29H,6,9,12H2,1-5H3. The van der Waals surface area contributed by atoms with E-state index in [2.05, 4.69) is 25.2 Å². The molecule has 174 valence electrons. The number of thioether (sulfide) groups is 1. The first-order valence-electron chi connectivity index (χ1n) is 10.8. The molecule has 1 atom stereocenters. The number of nitriles is 1. The van der Waals surface area contributed by atoms with E-state index in [1.54, 1.807) is 13.0 Å². The fourth-order valence-electron chi connectivity index (χ4n) is 4.13. The van der Waals surface area contributed by atoms with E-state index in [0.29, 0.717) is 45.2 Å². The van der Waals surface area contributed by atoms with Crippen LogP contribution in [0.3, 0.4) is 0 Å². The van der Waals surface area contributed by atoms with Gasteiger partial charge in [-0.05, 0) is 51.3 Å². The number of phenolic OH excluding ortho intramolecular Hbond substituents is 1. The van der Waals surface area contributed by atoms with Crippen LogP contribution >= 0.6 is 11.8 Å². The molecule has 3 rings (SSSR count). The zero-order chi connectivity index (χ0) is 24.3. The zero-order valence-electron chi connectivity index (χ0n) is 19.4. The molecule has 33 heavy (non-hydrogen) atoms. The number of benzene rings is 1. The fourth-order valence-corrected chi connectivity index (χ4v) is 5.18. The Morgan fingerprint density at radius 1 is 1.36 bits per heavy atom. The molecule has 2 N–H and O–H groups in total. The lowest BCUT2D eigenvalue weighted by Gasteiger charge is -2.30. The number of dihydropyridines is 1. The minimum absolute atomic E-state index is 0.0190. The van der Waals surface area contributed by atoms with Gasteiger partial charge in [-0.25, -0.2) is 4.79 Å². The maximum atomic E-state index is 12.7. The predicted molar refractivity (Wildman–Crippen MR) is 127 cm³/mol. The summed E-state index contributed by atoms with van der Waals surface area (Å²) in [4.78, 5) is 25.0. The van der Waals surface area contributed by atoms with Gasteiger partial charge in [0.05, 0.1) is 29.0 Å². The molecule has 0 bridgehead atoms. The number of hydrogen-bond donors (Lipinski definition) is 2. The van der Waals surface area contributed by atoms with Crippen molar-refractivity contribution in [3.63, 3.8) is 0 Å². The minimum Gasteiger partial charge on any atom is -0.508 e. The summed E-state index contributed by atoms with van der Waals surface area (Å²) in [6, 6.07) is 6.87. The van der Waals surface area contributed by atoms with Gasteiger partial charge in [-0.2, -0.15) is 5.26 Å². The number of nitrogens with one attached hydrogen (secondary N) is 1. The van der Waals surface area contributed by atoms with Crippen LogP contribution in [0.4, 0.5) is 0 Å². The lowest BCUT2D eigenvalue weighted by atomic mass is 9.81. The Hall–Kier alpha value is -3.18. The zero-order valence-corrected chi connectivity index (χ0v) is 20.3. The molecule has 1 aromatic heterocycles. The van der Waals surface area contributed by atoms with E-state index in [-0.39, 0.29) is 35.4 Å². The number of carbonyl (C=O) groups is 2. The molecular weight excluding hydrogens is 440 g/mol. The highest BCUT2D eigenvalue weighted by Gasteiger charge is 2.32. The smallest absolute Gasteiger partial charge is 0.342 e. The first kappa shape index (κ1) is 24.5. The summed E-state index contributed by atoms with van der Waals surface area (Å²) in [6.07, 6.45) is 0.679. The molecule has 2 heterocycles. The number of carbonyl (C=O) groups excluding carboxylic acids is 2. The van der Waals surface area contributed by atoms with Gasteiger partial charge in [0.2, 0.25) is 0 Å². The summed E-state index contributed by atoms with van der Waals surface area (Å²) in [6.45, 7) is 9.41. The number of furan rings is 1. The van der Waals surface area contributed by atoms with Crippen LogP contribution in [0.1, 0.15) is 57.2 Å². The minimum atomic E-state index is -0.531. The first-order valence-corrected chi connectivity index (χ1v) is 11.8. The molecule has 7 nitrogen and oxygen atoms in total. The van der Waals surface area contributed by atoms with Crippen molar-refractivity contribution in [2.45, 2.75) is 46.8 Å². The molecule has 0 saturated heterocycles. The topological polar surface area (TPSA) is 113 Å². The number of ether oxygens (including phenoxy) is 1. The highest BCUT2D eigenvalue weighted by molar-refractivity contribution is 8.02. The highest BCUT2D eigenvalue weighted by Crippen LogP contribution is 2.40. The number of aromatic hydroxyl groups is 1. The van der Waals surface area contributed by atoms with Gasteiger partial charge in [0, 0.05) is 22.6 Å². The second-order valence-corrected chi connectivity index (χ2v) is 9.33. The maximum absolute atomic E-state index is 12.7. The van der Waals surface area contributed by atoms with Crippen molar-refractivity contribution in [1.82, 2.24) is 5.32 Å². The van der Waals surface area contributed by atoms with Gasteiger partial charge < -0.3 is 19.6 Å². The molecule has 8 heteroatoms. The Bertz CT molecular complexity index is 1200. The summed E-state index contributed by atoms with van der Waals surface area (Å²) < 4.78 is 11.1. The highest BCUT2D eigenvalue weighted by atomic mass is 32.2. The van der Waals surface area contributed by atoms with Crippen molar-refractivity contribution in [3.8, 4) is 11.8 Å². The van der Waals surface area contributed by atoms with Gasteiger partial charge in [0.1, 0.15) is 22.7 Å². The van der Waals surface area contributed by atoms with Gasteiger partial charge in [-0.3, -0.25) is 4.79 Å². The van der Waals surface area contributed by atoms with Crippen molar-refractivity contribution in [2.24, 2.45) is 11.8 Å². The molecule has 0 amide bonds. The predicted octanol–water partition coefficient (Wildman–Crippen LogP) is 5.41. The van der Waals surface area contributed by atoms with Crippen LogP contribution < -0.4 is 5.32 Å². The van der Waals surface area contributed by atoms with Crippen LogP contribution in [0.5, 0.6) is 5.75 Å². The molecule has 0 radical (unpaired) electrons. The number of fused-ring (bicyclic) bond motifs is 1. The number of rotatable bonds is 8. The summed E-state index contributed by atoms with van der Waals surface area (Å²) >= 11 is 1.34. The van der Waals surface area contributed by atoms with E-state index in [0.717, 1.165) is 5.70 Å². The molecule has 1 aliphatic rings. The molecule has 1 aliphatic heterocycles. The van der Waals surface area contributed by atoms with Crippen molar-refractivity contribution in [1.29, 1.82) is 5.26 Å². The molecule has 0 aliphatic carbocycles. The molecular formula is C25H28N2O5S. The molecule has 1 unspecified atom stereocenters. The normalized spacial score (nSPS) is 16.2. The molecule has 0 spiro atoms. The van der Waals surface area contributed by atoms with Crippen LogP contribution in [0.15, 0.2) is 44.5 Å². The van der Waals surface area contributed by atoms with Crippen LogP contribution in [0, 0.1) is 23.2 Å². The van der Waals surface area contributed by atoms with Gasteiger partial charge in [0.25, 0.3) is 0 Å². The number of Topliss-reactive ketones (excluding diaryl/α,β-unsaturated/α-hetero) is 1. The third-order valence-corrected chi connectivity index (χ3v) is 6.44. The third-order valence-electron chi connectivity index (χ3n) is 5.43. The number of hydrogen-bond acceptors (Lipinski definition) is 8. The van der Waals surface area contributed by atoms with Crippen LogP contribution in [-0.4, -0.2) is 23.5 Å². The summed E-state index contributed by atoms with van der Waals surface area (Å²) in [5.74, 6) is 0.0985. The second kappa shape index (κ2) is 10.2. The van der Waals surface area contributed by atoms with Crippen molar-refractivity contribution in [3.05, 3.63) is 51.4 Å². The van der Waals surface area contributed by atoms with Gasteiger partial charge in [-0.1, -0.05) is 25.6 Å². The number of nitrogens with zero attached hydrogens (tertiary/aromatic N) is 1. The lowest BCUT2D eigenvalue weighted by molar-refractivity contribution is -0.114. The van der Waals surface area contributed by atoms with E-state index in [1.807, 2.05) is 6.92 Å². The number of esters is 1. The molecule has 2 aromatic rings. The van der Waals surface area contributed by atoms with Crippen molar-refractivity contribution >= 4 is 34.5 Å². The summed E-state index contributed by atoms with van der Waals surface area (Å²) in [7, 11) is 0. The number of ketones is 1. The average Bonchev–Trinajstić information content (AvgIpc) is 3.09. The fraction of sp³-hybridized carbons (Fsp3) is 0.400. The summed E-state index contributed by atoms with van der Waals surface area (Å²) in [5, 5.41) is 24.2. The Labute approximate surface area is 197 Å². The lowest BCUT2D eigenvalue weighted by Crippen LogP contribution is -2.29. The maximum Gasteiger partial charge on any atom is 0.342 e. The van der Waals surface area contributed by atoms with E-state index in [9.17, 15) is 20.0 Å². The largest absolute Gasteiger partial charge is 0.508 e. The SMILES string of the molecule is CCOC(=O)c1c(CSC2=C(C#N)C(CC(C)C)C(C(C)=O)=C(C)N2)oc2ccc(O)cc12. The second-order valence-electron chi connectivity index (χ2n) is 8.35. The van der Waals surface area contributed by atoms with E-state index in [1.165, 1.54) is 30.8 Å². The van der Waals surface area contributed by atoms with Crippen LogP contribution in [0.25, 0.3) is 11.0 Å². The Morgan fingerprint density at radius 2 is 2.09 bits per heavy atom. The Kier molecular flexibility index (Phi) is 7.54. The quantitative estimate of drug-likeness (QED) is 0.494. The third kappa shape index (κ3) is 5.09. The number of phenols is 1. The van der Waals surface area contributed by atoms with E-state index in [4.69, 9.17) is 9.15 Å². The molecule has 0 fully saturated rings. The van der Waals surface area contributed by atoms with Crippen LogP contribution in [0.2, 0.25) is 0 Å². The number of allylic oxidation sites excluding steroid dienone is 3. The Balaban J connectivity index is 2.00. The Morgan fingerprint density at radius 3 is 2.70 bits per heavy atom. The average molecular weight is 469 g/mol. The van der Waals surface area contributed by atoms with Crippen molar-refractivity contribution < 1.29 is 23.8 Å². The molecule has 0 saturated carbocycles. The monoisotopic (exact) mass is 468 g/mol. The van der Waals surface area contributed by atoms with Crippen LogP contribution in [-0.2, 0) is 15.3 Å². The van der Waals surface area contributed by atoms with Gasteiger partial charge in [0.15, 0.2) is 5.78 Å². The molecule has 1 aromatic carbocycles. The van der Waals surface area contributed by atoms with Gasteiger partial charge in [-0.15, -0.1) is 0 Å². The van der Waals surface area contributed by atoms with E-state index < -0.39 is 5.97 Å². The van der Waals surface area contributed by atoms with Gasteiger partial charge >= 0.3 is 5.97 Å². The van der Waals surface area contributed by atoms with E-state index >= 15 is 0 Å². The summed E-state index contributed by atoms with van der Waals surface area (Å²) in [5.41, 5.74) is 2.60. The first-order chi connectivity index (χ1) is 15.7. The van der Waals surface area contributed by atoms with Crippen molar-refractivity contribution in [2.75, 3.05) is 6.61 Å².